The van der Waals surface area contributed by atoms with Gasteiger partial charge >= 0.3 is 0 Å². The van der Waals surface area contributed by atoms with Crippen LogP contribution in [-0.4, -0.2) is 5.78 Å². The normalized spacial score (nSPS) is 10.4. The van der Waals surface area contributed by atoms with Gasteiger partial charge in [0, 0.05) is 9.13 Å². The molecule has 16 heavy (non-hydrogen) atoms. The first kappa shape index (κ1) is 12.1. The molecule has 0 aliphatic carbocycles. The van der Waals surface area contributed by atoms with Crippen LogP contribution in [-0.2, 0) is 0 Å². The lowest BCUT2D eigenvalue weighted by Crippen LogP contribution is -1.99. The lowest BCUT2D eigenvalue weighted by Gasteiger charge is -1.99. The van der Waals surface area contributed by atoms with Crippen LogP contribution in [0.2, 0.25) is 5.02 Å². The number of benzene rings is 1. The fourth-order valence-corrected chi connectivity index (χ4v) is 2.92. The lowest BCUT2D eigenvalue weighted by atomic mass is 10.1. The van der Waals surface area contributed by atoms with Gasteiger partial charge in [-0.3, -0.25) is 4.79 Å². The zero-order valence-corrected chi connectivity index (χ0v) is 12.2. The fraction of sp³-hybridized carbons (Fsp3) is 0.0833. The molecule has 0 atom stereocenters. The third kappa shape index (κ3) is 2.31. The Labute approximate surface area is 117 Å². The van der Waals surface area contributed by atoms with Crippen LogP contribution in [0.5, 0.6) is 0 Å². The van der Waals surface area contributed by atoms with Crippen LogP contribution in [0.4, 0.5) is 0 Å². The molecule has 4 heteroatoms. The number of thiophene rings is 1. The summed E-state index contributed by atoms with van der Waals surface area (Å²) in [4.78, 5) is 12.7. The molecule has 0 bridgehead atoms. The SMILES string of the molecule is Cc1csc(C(=O)c2ccc(I)cc2)c1Cl. The number of carbonyl (C=O) groups excluding carboxylic acids is 1. The monoisotopic (exact) mass is 362 g/mol. The van der Waals surface area contributed by atoms with E-state index in [2.05, 4.69) is 22.6 Å². The van der Waals surface area contributed by atoms with E-state index in [1.165, 1.54) is 11.3 Å². The van der Waals surface area contributed by atoms with Crippen LogP contribution in [0, 0.1) is 10.5 Å². The molecule has 1 heterocycles. The highest BCUT2D eigenvalue weighted by atomic mass is 127. The first-order valence-corrected chi connectivity index (χ1v) is 6.97. The average Bonchev–Trinajstić information content (AvgIpc) is 2.60. The highest BCUT2D eigenvalue weighted by molar-refractivity contribution is 14.1. The van der Waals surface area contributed by atoms with Crippen molar-refractivity contribution in [3.63, 3.8) is 0 Å². The van der Waals surface area contributed by atoms with Crippen molar-refractivity contribution < 1.29 is 4.79 Å². The lowest BCUT2D eigenvalue weighted by molar-refractivity contribution is 0.104. The molecule has 2 rings (SSSR count). The van der Waals surface area contributed by atoms with Crippen molar-refractivity contribution in [1.29, 1.82) is 0 Å². The highest BCUT2D eigenvalue weighted by Crippen LogP contribution is 2.29. The van der Waals surface area contributed by atoms with Crippen LogP contribution in [0.25, 0.3) is 0 Å². The Morgan fingerprint density at radius 2 is 1.94 bits per heavy atom. The number of hydrogen-bond acceptors (Lipinski definition) is 2. The van der Waals surface area contributed by atoms with Crippen LogP contribution in [0.1, 0.15) is 20.8 Å². The molecule has 0 amide bonds. The maximum absolute atomic E-state index is 12.1. The minimum atomic E-state index is -0.000463. The number of rotatable bonds is 2. The second kappa shape index (κ2) is 4.85. The topological polar surface area (TPSA) is 17.1 Å². The molecule has 0 spiro atoms. The molecule has 1 nitrogen and oxygen atoms in total. The van der Waals surface area contributed by atoms with E-state index in [0.29, 0.717) is 15.5 Å². The second-order valence-corrected chi connectivity index (χ2v) is 5.90. The van der Waals surface area contributed by atoms with Gasteiger partial charge in [-0.2, -0.15) is 0 Å². The van der Waals surface area contributed by atoms with Crippen LogP contribution >= 0.6 is 45.5 Å². The fourth-order valence-electron chi connectivity index (χ4n) is 1.32. The molecule has 0 saturated carbocycles. The van der Waals surface area contributed by atoms with Gasteiger partial charge in [-0.25, -0.2) is 0 Å². The Hall–Kier alpha value is -0.390. The van der Waals surface area contributed by atoms with Gasteiger partial charge in [0.25, 0.3) is 0 Å². The Kier molecular flexibility index (Phi) is 3.66. The minimum absolute atomic E-state index is 0.000463. The van der Waals surface area contributed by atoms with E-state index >= 15 is 0 Å². The third-order valence-electron chi connectivity index (χ3n) is 2.21. The maximum Gasteiger partial charge on any atom is 0.204 e. The molecule has 0 N–H and O–H groups in total. The molecule has 0 unspecified atom stereocenters. The number of aryl methyl sites for hydroxylation is 1. The minimum Gasteiger partial charge on any atom is -0.288 e. The van der Waals surface area contributed by atoms with E-state index in [-0.39, 0.29) is 5.78 Å². The molecule has 1 aromatic carbocycles. The Morgan fingerprint density at radius 1 is 1.31 bits per heavy atom. The molecular weight excluding hydrogens is 355 g/mol. The van der Waals surface area contributed by atoms with Gasteiger partial charge in [0.05, 0.1) is 9.90 Å². The quantitative estimate of drug-likeness (QED) is 0.566. The summed E-state index contributed by atoms with van der Waals surface area (Å²) in [7, 11) is 0. The molecule has 82 valence electrons. The van der Waals surface area contributed by atoms with Crippen molar-refractivity contribution in [1.82, 2.24) is 0 Å². The number of ketones is 1. The molecule has 0 aliphatic heterocycles. The van der Waals surface area contributed by atoms with E-state index in [1.54, 1.807) is 0 Å². The predicted octanol–water partition coefficient (Wildman–Crippen LogP) is 4.55. The molecule has 0 saturated heterocycles. The first-order chi connectivity index (χ1) is 7.59. The van der Waals surface area contributed by atoms with Gasteiger partial charge in [0.15, 0.2) is 0 Å². The van der Waals surface area contributed by atoms with Gasteiger partial charge in [0.2, 0.25) is 5.78 Å². The molecule has 0 radical (unpaired) electrons. The predicted molar refractivity (Wildman–Crippen MR) is 76.7 cm³/mol. The summed E-state index contributed by atoms with van der Waals surface area (Å²) < 4.78 is 1.11. The molecule has 0 fully saturated rings. The zero-order valence-electron chi connectivity index (χ0n) is 8.46. The van der Waals surface area contributed by atoms with Gasteiger partial charge in [-0.05, 0) is 64.7 Å². The second-order valence-electron chi connectivity index (χ2n) is 3.40. The summed E-state index contributed by atoms with van der Waals surface area (Å²) in [5.41, 5.74) is 1.64. The molecular formula is C12H8ClIOS. The van der Waals surface area contributed by atoms with E-state index < -0.39 is 0 Å². The molecule has 1 aromatic heterocycles. The highest BCUT2D eigenvalue weighted by Gasteiger charge is 2.16. The summed E-state index contributed by atoms with van der Waals surface area (Å²) in [6, 6.07) is 7.50. The summed E-state index contributed by atoms with van der Waals surface area (Å²) in [5, 5.41) is 2.48. The summed E-state index contributed by atoms with van der Waals surface area (Å²) in [6.07, 6.45) is 0. The molecule has 0 aliphatic rings. The number of carbonyl (C=O) groups is 1. The summed E-state index contributed by atoms with van der Waals surface area (Å²) in [6.45, 7) is 1.91. The largest absolute Gasteiger partial charge is 0.288 e. The average molecular weight is 363 g/mol. The van der Waals surface area contributed by atoms with Gasteiger partial charge < -0.3 is 0 Å². The third-order valence-corrected chi connectivity index (χ3v) is 4.63. The number of hydrogen-bond donors (Lipinski definition) is 0. The van der Waals surface area contributed by atoms with Crippen LogP contribution in [0.15, 0.2) is 29.6 Å². The summed E-state index contributed by atoms with van der Waals surface area (Å²) >= 11 is 9.68. The standard InChI is InChI=1S/C12H8ClIOS/c1-7-6-16-12(10(7)13)11(15)8-2-4-9(14)5-3-8/h2-6H,1H3. The van der Waals surface area contributed by atoms with Crippen LogP contribution in [0.3, 0.4) is 0 Å². The van der Waals surface area contributed by atoms with Gasteiger partial charge in [0.1, 0.15) is 0 Å². The van der Waals surface area contributed by atoms with Crippen molar-refractivity contribution in [3.05, 3.63) is 54.2 Å². The Balaban J connectivity index is 2.39. The van der Waals surface area contributed by atoms with Gasteiger partial charge in [-0.1, -0.05) is 11.6 Å². The van der Waals surface area contributed by atoms with Crippen molar-refractivity contribution in [2.24, 2.45) is 0 Å². The van der Waals surface area contributed by atoms with Crippen molar-refractivity contribution in [2.45, 2.75) is 6.92 Å². The van der Waals surface area contributed by atoms with Crippen LogP contribution < -0.4 is 0 Å². The van der Waals surface area contributed by atoms with Crippen molar-refractivity contribution in [3.8, 4) is 0 Å². The van der Waals surface area contributed by atoms with Crippen molar-refractivity contribution >= 4 is 51.3 Å². The zero-order chi connectivity index (χ0) is 11.7. The van der Waals surface area contributed by atoms with E-state index in [4.69, 9.17) is 11.6 Å². The summed E-state index contributed by atoms with van der Waals surface area (Å²) in [5.74, 6) is -0.000463. The van der Waals surface area contributed by atoms with E-state index in [9.17, 15) is 4.79 Å². The van der Waals surface area contributed by atoms with Crippen molar-refractivity contribution in [2.75, 3.05) is 0 Å². The first-order valence-electron chi connectivity index (χ1n) is 4.63. The molecule has 2 aromatic rings. The van der Waals surface area contributed by atoms with Gasteiger partial charge in [-0.15, -0.1) is 11.3 Å². The Morgan fingerprint density at radius 3 is 2.44 bits per heavy atom. The maximum atomic E-state index is 12.1. The smallest absolute Gasteiger partial charge is 0.204 e. The van der Waals surface area contributed by atoms with E-state index in [0.717, 1.165) is 9.13 Å². The number of halogens is 2. The Bertz CT molecular complexity index is 530. The van der Waals surface area contributed by atoms with E-state index in [1.807, 2.05) is 36.6 Å².